The van der Waals surface area contributed by atoms with Gasteiger partial charge >= 0.3 is 0 Å². The van der Waals surface area contributed by atoms with Crippen molar-refractivity contribution >= 4 is 5.69 Å². The van der Waals surface area contributed by atoms with Gasteiger partial charge in [-0.2, -0.15) is 0 Å². The molecule has 1 aliphatic rings. The van der Waals surface area contributed by atoms with E-state index in [0.717, 1.165) is 32.6 Å². The minimum Gasteiger partial charge on any atom is -0.381 e. The van der Waals surface area contributed by atoms with Gasteiger partial charge in [0.05, 0.1) is 0 Å². The summed E-state index contributed by atoms with van der Waals surface area (Å²) in [5.74, 6) is 0.688. The quantitative estimate of drug-likeness (QED) is 0.863. The van der Waals surface area contributed by atoms with Crippen LogP contribution in [0.5, 0.6) is 0 Å². The second-order valence-electron chi connectivity index (χ2n) is 5.87. The van der Waals surface area contributed by atoms with E-state index in [-0.39, 0.29) is 0 Å². The molecule has 1 aliphatic heterocycles. The van der Waals surface area contributed by atoms with Gasteiger partial charge in [0.2, 0.25) is 0 Å². The smallest absolute Gasteiger partial charge is 0.0469 e. The van der Waals surface area contributed by atoms with Crippen LogP contribution in [0, 0.1) is 5.92 Å². The average molecular weight is 276 g/mol. The zero-order valence-corrected chi connectivity index (χ0v) is 13.1. The van der Waals surface area contributed by atoms with Crippen molar-refractivity contribution in [2.24, 2.45) is 5.92 Å². The zero-order valence-electron chi connectivity index (χ0n) is 13.1. The van der Waals surface area contributed by atoms with Crippen molar-refractivity contribution in [2.45, 2.75) is 32.2 Å². The van der Waals surface area contributed by atoms with Gasteiger partial charge in [0.25, 0.3) is 0 Å². The van der Waals surface area contributed by atoms with Gasteiger partial charge in [-0.25, -0.2) is 0 Å². The van der Waals surface area contributed by atoms with Crippen LogP contribution >= 0.6 is 0 Å². The van der Waals surface area contributed by atoms with Gasteiger partial charge in [0.15, 0.2) is 0 Å². The van der Waals surface area contributed by atoms with E-state index in [4.69, 9.17) is 4.74 Å². The first kappa shape index (κ1) is 15.3. The van der Waals surface area contributed by atoms with Crippen LogP contribution in [0.15, 0.2) is 24.3 Å². The van der Waals surface area contributed by atoms with E-state index >= 15 is 0 Å². The molecule has 0 aromatic heterocycles. The SMILES string of the molecule is CCCNC(c1cccc(N(C)C)c1)C1CCOCC1. The van der Waals surface area contributed by atoms with Crippen LogP contribution in [0.1, 0.15) is 37.8 Å². The molecule has 1 fully saturated rings. The molecule has 0 spiro atoms. The summed E-state index contributed by atoms with van der Waals surface area (Å²) < 4.78 is 5.52. The summed E-state index contributed by atoms with van der Waals surface area (Å²) >= 11 is 0. The molecule has 3 nitrogen and oxygen atoms in total. The molecule has 1 heterocycles. The Morgan fingerprint density at radius 2 is 2.05 bits per heavy atom. The van der Waals surface area contributed by atoms with Crippen molar-refractivity contribution in [3.63, 3.8) is 0 Å². The predicted molar refractivity (Wildman–Crippen MR) is 85.3 cm³/mol. The second kappa shape index (κ2) is 7.65. The van der Waals surface area contributed by atoms with E-state index in [1.807, 2.05) is 0 Å². The third-order valence-electron chi connectivity index (χ3n) is 4.10. The Kier molecular flexibility index (Phi) is 5.86. The Morgan fingerprint density at radius 3 is 2.70 bits per heavy atom. The second-order valence-corrected chi connectivity index (χ2v) is 5.87. The monoisotopic (exact) mass is 276 g/mol. The minimum atomic E-state index is 0.457. The summed E-state index contributed by atoms with van der Waals surface area (Å²) in [6.45, 7) is 5.11. The first-order chi connectivity index (χ1) is 9.72. The first-order valence-electron chi connectivity index (χ1n) is 7.80. The third kappa shape index (κ3) is 3.97. The van der Waals surface area contributed by atoms with Gasteiger partial charge in [-0.1, -0.05) is 19.1 Å². The molecule has 0 saturated carbocycles. The predicted octanol–water partition coefficient (Wildman–Crippen LogP) is 3.22. The molecule has 1 N–H and O–H groups in total. The molecule has 0 radical (unpaired) electrons. The van der Waals surface area contributed by atoms with E-state index in [0.29, 0.717) is 12.0 Å². The van der Waals surface area contributed by atoms with Crippen LogP contribution in [-0.4, -0.2) is 33.9 Å². The van der Waals surface area contributed by atoms with Crippen molar-refractivity contribution in [3.05, 3.63) is 29.8 Å². The standard InChI is InChI=1S/C17H28N2O/c1-4-10-18-17(14-8-11-20-12-9-14)15-6-5-7-16(13-15)19(2)3/h5-7,13-14,17-18H,4,8-12H2,1-3H3. The van der Waals surface area contributed by atoms with E-state index < -0.39 is 0 Å². The Balaban J connectivity index is 2.18. The maximum atomic E-state index is 5.52. The molecule has 0 aliphatic carbocycles. The van der Waals surface area contributed by atoms with E-state index in [2.05, 4.69) is 55.5 Å². The van der Waals surface area contributed by atoms with Crippen LogP contribution in [0.3, 0.4) is 0 Å². The van der Waals surface area contributed by atoms with Crippen molar-refractivity contribution < 1.29 is 4.74 Å². The highest BCUT2D eigenvalue weighted by Crippen LogP contribution is 2.31. The molecule has 20 heavy (non-hydrogen) atoms. The fourth-order valence-electron chi connectivity index (χ4n) is 2.90. The number of rotatable bonds is 6. The number of hydrogen-bond acceptors (Lipinski definition) is 3. The molecule has 0 amide bonds. The highest BCUT2D eigenvalue weighted by molar-refractivity contribution is 5.48. The maximum Gasteiger partial charge on any atom is 0.0469 e. The third-order valence-corrected chi connectivity index (χ3v) is 4.10. The summed E-state index contributed by atoms with van der Waals surface area (Å²) in [6.07, 6.45) is 3.49. The number of benzene rings is 1. The lowest BCUT2D eigenvalue weighted by Crippen LogP contribution is -2.32. The van der Waals surface area contributed by atoms with Gasteiger partial charge in [0, 0.05) is 39.0 Å². The molecule has 1 aromatic rings. The molecule has 0 bridgehead atoms. The fourth-order valence-corrected chi connectivity index (χ4v) is 2.90. The lowest BCUT2D eigenvalue weighted by atomic mass is 9.87. The van der Waals surface area contributed by atoms with Crippen molar-refractivity contribution in [1.82, 2.24) is 5.32 Å². The normalized spacial score (nSPS) is 17.9. The Morgan fingerprint density at radius 1 is 1.30 bits per heavy atom. The summed E-state index contributed by atoms with van der Waals surface area (Å²) in [7, 11) is 4.20. The van der Waals surface area contributed by atoms with Gasteiger partial charge in [-0.15, -0.1) is 0 Å². The molecule has 112 valence electrons. The number of ether oxygens (including phenoxy) is 1. The molecule has 3 heteroatoms. The summed E-state index contributed by atoms with van der Waals surface area (Å²) in [5, 5.41) is 3.75. The van der Waals surface area contributed by atoms with Crippen molar-refractivity contribution in [1.29, 1.82) is 0 Å². The number of anilines is 1. The Bertz CT molecular complexity index is 400. The van der Waals surface area contributed by atoms with Crippen LogP contribution < -0.4 is 10.2 Å². The highest BCUT2D eigenvalue weighted by atomic mass is 16.5. The van der Waals surface area contributed by atoms with Crippen LogP contribution in [0.2, 0.25) is 0 Å². The molecule has 1 unspecified atom stereocenters. The minimum absolute atomic E-state index is 0.457. The van der Waals surface area contributed by atoms with Gasteiger partial charge in [0.1, 0.15) is 0 Å². The largest absolute Gasteiger partial charge is 0.381 e. The van der Waals surface area contributed by atoms with Gasteiger partial charge < -0.3 is 15.0 Å². The highest BCUT2D eigenvalue weighted by Gasteiger charge is 2.25. The van der Waals surface area contributed by atoms with Crippen LogP contribution in [0.25, 0.3) is 0 Å². The maximum absolute atomic E-state index is 5.52. The van der Waals surface area contributed by atoms with Gasteiger partial charge in [-0.05, 0) is 49.4 Å². The first-order valence-corrected chi connectivity index (χ1v) is 7.80. The summed E-state index contributed by atoms with van der Waals surface area (Å²) in [5.41, 5.74) is 2.69. The molecule has 1 saturated heterocycles. The average Bonchev–Trinajstić information content (AvgIpc) is 2.49. The molecule has 2 rings (SSSR count). The topological polar surface area (TPSA) is 24.5 Å². The molecule has 1 atom stereocenters. The van der Waals surface area contributed by atoms with Crippen molar-refractivity contribution in [3.8, 4) is 0 Å². The fraction of sp³-hybridized carbons (Fsp3) is 0.647. The van der Waals surface area contributed by atoms with Crippen LogP contribution in [0.4, 0.5) is 5.69 Å². The number of nitrogens with zero attached hydrogens (tertiary/aromatic N) is 1. The molecular formula is C17H28N2O. The molecule has 1 aromatic carbocycles. The zero-order chi connectivity index (χ0) is 14.4. The number of hydrogen-bond donors (Lipinski definition) is 1. The van der Waals surface area contributed by atoms with E-state index in [9.17, 15) is 0 Å². The summed E-state index contributed by atoms with van der Waals surface area (Å²) in [6, 6.07) is 9.38. The summed E-state index contributed by atoms with van der Waals surface area (Å²) in [4.78, 5) is 2.17. The van der Waals surface area contributed by atoms with Crippen molar-refractivity contribution in [2.75, 3.05) is 38.8 Å². The van der Waals surface area contributed by atoms with Gasteiger partial charge in [-0.3, -0.25) is 0 Å². The lowest BCUT2D eigenvalue weighted by molar-refractivity contribution is 0.0536. The Labute approximate surface area is 123 Å². The Hall–Kier alpha value is -1.06. The van der Waals surface area contributed by atoms with E-state index in [1.165, 1.54) is 17.7 Å². The van der Waals surface area contributed by atoms with E-state index in [1.54, 1.807) is 0 Å². The number of nitrogens with one attached hydrogen (secondary N) is 1. The lowest BCUT2D eigenvalue weighted by Gasteiger charge is -2.32. The van der Waals surface area contributed by atoms with Crippen LogP contribution in [-0.2, 0) is 4.74 Å². The molecular weight excluding hydrogens is 248 g/mol.